The fraction of sp³-hybridized carbons (Fsp3) is 0.455. The van der Waals surface area contributed by atoms with Crippen LogP contribution < -0.4 is 5.32 Å². The highest BCUT2D eigenvalue weighted by molar-refractivity contribution is 7.12. The van der Waals surface area contributed by atoms with Gasteiger partial charge >= 0.3 is 5.97 Å². The van der Waals surface area contributed by atoms with Gasteiger partial charge in [-0.15, -0.1) is 11.3 Å². The molecule has 0 spiro atoms. The van der Waals surface area contributed by atoms with E-state index in [0.717, 1.165) is 11.3 Å². The second-order valence-electron chi connectivity index (χ2n) is 4.26. The first-order valence-corrected chi connectivity index (χ1v) is 6.21. The summed E-state index contributed by atoms with van der Waals surface area (Å²) < 4.78 is 4.64. The van der Waals surface area contributed by atoms with E-state index in [4.69, 9.17) is 5.11 Å². The molecule has 1 aromatic heterocycles. The summed E-state index contributed by atoms with van der Waals surface area (Å²) in [6, 6.07) is 1.32. The van der Waals surface area contributed by atoms with Crippen LogP contribution in [0.2, 0.25) is 0 Å². The third-order valence-electron chi connectivity index (χ3n) is 2.91. The quantitative estimate of drug-likeness (QED) is 0.685. The minimum absolute atomic E-state index is 0.00547. The molecule has 1 heterocycles. The summed E-state index contributed by atoms with van der Waals surface area (Å²) in [5.74, 6) is -1.02. The Morgan fingerprint density at radius 1 is 1.56 bits per heavy atom. The van der Waals surface area contributed by atoms with Crippen molar-refractivity contribution >= 4 is 23.2 Å². The van der Waals surface area contributed by atoms with Crippen LogP contribution in [-0.4, -0.2) is 40.8 Å². The van der Waals surface area contributed by atoms with Gasteiger partial charge in [-0.05, 0) is 0 Å². The van der Waals surface area contributed by atoms with Gasteiger partial charge in [-0.1, -0.05) is 0 Å². The summed E-state index contributed by atoms with van der Waals surface area (Å²) in [4.78, 5) is 23.8. The summed E-state index contributed by atoms with van der Waals surface area (Å²) in [5, 5.41) is 22.5. The van der Waals surface area contributed by atoms with E-state index in [1.807, 2.05) is 0 Å². The molecule has 1 aliphatic rings. The topological polar surface area (TPSA) is 95.9 Å². The van der Waals surface area contributed by atoms with Crippen LogP contribution in [0.3, 0.4) is 0 Å². The standard InChI is InChI=1S/C11H13NO5S/c1-17-10(16)11(3-7(14)4-11)12-9(15)8-2-6(13)5-18-8/h2,5,7,13-14H,3-4H2,1H3,(H,12,15). The van der Waals surface area contributed by atoms with Gasteiger partial charge in [-0.25, -0.2) is 4.79 Å². The molecule has 0 radical (unpaired) electrons. The molecule has 98 valence electrons. The number of ether oxygens (including phenoxy) is 1. The predicted molar refractivity (Wildman–Crippen MR) is 63.4 cm³/mol. The summed E-state index contributed by atoms with van der Waals surface area (Å²) in [6.07, 6.45) is -0.327. The van der Waals surface area contributed by atoms with Gasteiger partial charge in [-0.2, -0.15) is 0 Å². The number of thiophene rings is 1. The summed E-state index contributed by atoms with van der Waals surface area (Å²) >= 11 is 1.08. The highest BCUT2D eigenvalue weighted by atomic mass is 32.1. The van der Waals surface area contributed by atoms with Gasteiger partial charge < -0.3 is 20.3 Å². The van der Waals surface area contributed by atoms with E-state index in [1.54, 1.807) is 0 Å². The van der Waals surface area contributed by atoms with Crippen LogP contribution in [0, 0.1) is 0 Å². The van der Waals surface area contributed by atoms with Crippen LogP contribution in [0.4, 0.5) is 0 Å². The molecule has 0 unspecified atom stereocenters. The van der Waals surface area contributed by atoms with Crippen LogP contribution in [0.5, 0.6) is 5.75 Å². The van der Waals surface area contributed by atoms with Gasteiger partial charge in [0, 0.05) is 24.3 Å². The molecule has 0 aromatic carbocycles. The number of rotatable bonds is 3. The Morgan fingerprint density at radius 3 is 2.67 bits per heavy atom. The maximum atomic E-state index is 11.9. The molecule has 1 aromatic rings. The lowest BCUT2D eigenvalue weighted by atomic mass is 9.74. The number of hydrogen-bond donors (Lipinski definition) is 3. The number of carbonyl (C=O) groups is 2. The van der Waals surface area contributed by atoms with Crippen molar-refractivity contribution < 1.29 is 24.5 Å². The zero-order valence-corrected chi connectivity index (χ0v) is 10.5. The smallest absolute Gasteiger partial charge is 0.331 e. The first-order chi connectivity index (χ1) is 8.47. The Balaban J connectivity index is 2.11. The molecule has 1 saturated carbocycles. The molecule has 7 heteroatoms. The number of methoxy groups -OCH3 is 1. The van der Waals surface area contributed by atoms with E-state index in [9.17, 15) is 14.7 Å². The molecule has 6 nitrogen and oxygen atoms in total. The zero-order chi connectivity index (χ0) is 13.3. The van der Waals surface area contributed by atoms with Crippen molar-refractivity contribution in [3.63, 3.8) is 0 Å². The van der Waals surface area contributed by atoms with Gasteiger partial charge in [0.1, 0.15) is 11.3 Å². The molecule has 1 aliphatic carbocycles. The largest absolute Gasteiger partial charge is 0.507 e. The first kappa shape index (κ1) is 12.8. The lowest BCUT2D eigenvalue weighted by Crippen LogP contribution is -2.64. The van der Waals surface area contributed by atoms with E-state index in [0.29, 0.717) is 4.88 Å². The molecule has 1 fully saturated rings. The van der Waals surface area contributed by atoms with Gasteiger partial charge in [0.15, 0.2) is 0 Å². The Hall–Kier alpha value is -1.60. The minimum atomic E-state index is -1.15. The van der Waals surface area contributed by atoms with Crippen molar-refractivity contribution in [2.45, 2.75) is 24.5 Å². The minimum Gasteiger partial charge on any atom is -0.507 e. The van der Waals surface area contributed by atoms with E-state index >= 15 is 0 Å². The van der Waals surface area contributed by atoms with Crippen molar-refractivity contribution in [2.75, 3.05) is 7.11 Å². The lowest BCUT2D eigenvalue weighted by molar-refractivity contribution is -0.157. The van der Waals surface area contributed by atoms with Crippen molar-refractivity contribution in [3.05, 3.63) is 16.3 Å². The molecule has 0 bridgehead atoms. The highest BCUT2D eigenvalue weighted by Gasteiger charge is 2.52. The first-order valence-electron chi connectivity index (χ1n) is 5.33. The number of hydrogen-bond acceptors (Lipinski definition) is 6. The number of carbonyl (C=O) groups excluding carboxylic acids is 2. The van der Waals surface area contributed by atoms with Crippen LogP contribution in [-0.2, 0) is 9.53 Å². The SMILES string of the molecule is COC(=O)C1(NC(=O)c2cc(O)cs2)CC(O)C1. The van der Waals surface area contributed by atoms with Crippen molar-refractivity contribution in [3.8, 4) is 5.75 Å². The normalized spacial score (nSPS) is 26.2. The third kappa shape index (κ3) is 2.19. The molecule has 0 atom stereocenters. The number of aliphatic hydroxyl groups excluding tert-OH is 1. The average molecular weight is 271 g/mol. The van der Waals surface area contributed by atoms with Crippen LogP contribution in [0.1, 0.15) is 22.5 Å². The van der Waals surface area contributed by atoms with E-state index in [-0.39, 0.29) is 18.6 Å². The summed E-state index contributed by atoms with van der Waals surface area (Å²) in [5.41, 5.74) is -1.15. The summed E-state index contributed by atoms with van der Waals surface area (Å²) in [6.45, 7) is 0. The monoisotopic (exact) mass is 271 g/mol. The number of aromatic hydroxyl groups is 1. The molecule has 0 saturated heterocycles. The predicted octanol–water partition coefficient (Wildman–Crippen LogP) is 0.250. The highest BCUT2D eigenvalue weighted by Crippen LogP contribution is 2.34. The number of esters is 1. The average Bonchev–Trinajstić information content (AvgIpc) is 2.72. The Morgan fingerprint density at radius 2 is 2.22 bits per heavy atom. The number of aliphatic hydroxyl groups is 1. The van der Waals surface area contributed by atoms with Gasteiger partial charge in [0.25, 0.3) is 5.91 Å². The van der Waals surface area contributed by atoms with Crippen molar-refractivity contribution in [1.29, 1.82) is 0 Å². The van der Waals surface area contributed by atoms with Crippen molar-refractivity contribution in [2.24, 2.45) is 0 Å². The van der Waals surface area contributed by atoms with Crippen LogP contribution in [0.25, 0.3) is 0 Å². The maximum Gasteiger partial charge on any atom is 0.331 e. The zero-order valence-electron chi connectivity index (χ0n) is 9.67. The van der Waals surface area contributed by atoms with E-state index < -0.39 is 23.5 Å². The van der Waals surface area contributed by atoms with Crippen molar-refractivity contribution in [1.82, 2.24) is 5.32 Å². The van der Waals surface area contributed by atoms with Crippen LogP contribution >= 0.6 is 11.3 Å². The van der Waals surface area contributed by atoms with Gasteiger partial charge in [0.05, 0.1) is 18.1 Å². The molecule has 0 aliphatic heterocycles. The second-order valence-corrected chi connectivity index (χ2v) is 5.17. The number of nitrogens with one attached hydrogen (secondary N) is 1. The molecule has 1 amide bonds. The second kappa shape index (κ2) is 4.58. The Kier molecular flexibility index (Phi) is 3.27. The van der Waals surface area contributed by atoms with E-state index in [1.165, 1.54) is 18.6 Å². The maximum absolute atomic E-state index is 11.9. The molecular formula is C11H13NO5S. The number of amides is 1. The lowest BCUT2D eigenvalue weighted by Gasteiger charge is -2.42. The molecule has 18 heavy (non-hydrogen) atoms. The van der Waals surface area contributed by atoms with Gasteiger partial charge in [0.2, 0.25) is 0 Å². The van der Waals surface area contributed by atoms with E-state index in [2.05, 4.69) is 10.1 Å². The van der Waals surface area contributed by atoms with Gasteiger partial charge in [-0.3, -0.25) is 4.79 Å². The third-order valence-corrected chi connectivity index (χ3v) is 3.82. The Labute approximate surface area is 107 Å². The molecular weight excluding hydrogens is 258 g/mol. The fourth-order valence-corrected chi connectivity index (χ4v) is 2.65. The van der Waals surface area contributed by atoms with Crippen LogP contribution in [0.15, 0.2) is 11.4 Å². The Bertz CT molecular complexity index is 478. The molecule has 3 N–H and O–H groups in total. The fourth-order valence-electron chi connectivity index (χ4n) is 1.98. The summed E-state index contributed by atoms with van der Waals surface area (Å²) in [7, 11) is 1.23. The molecule has 2 rings (SSSR count).